The molecule has 104 valence electrons. The average molecular weight is 266 g/mol. The zero-order chi connectivity index (χ0) is 15.0. The first-order valence-corrected chi connectivity index (χ1v) is 6.95. The minimum Gasteiger partial charge on any atom is -0.378 e. The van der Waals surface area contributed by atoms with Crippen LogP contribution in [0.4, 0.5) is 5.69 Å². The van der Waals surface area contributed by atoms with E-state index in [9.17, 15) is 5.26 Å². The van der Waals surface area contributed by atoms with Gasteiger partial charge in [0.15, 0.2) is 0 Å². The summed E-state index contributed by atoms with van der Waals surface area (Å²) in [4.78, 5) is 2.03. The minimum absolute atomic E-state index is 0.265. The summed E-state index contributed by atoms with van der Waals surface area (Å²) >= 11 is 0. The van der Waals surface area contributed by atoms with Gasteiger partial charge in [-0.15, -0.1) is 0 Å². The van der Waals surface area contributed by atoms with Crippen LogP contribution in [0.15, 0.2) is 40.5 Å². The smallest absolute Gasteiger partial charge is 0.0995 e. The van der Waals surface area contributed by atoms with Crippen LogP contribution in [-0.4, -0.2) is 14.1 Å². The van der Waals surface area contributed by atoms with Gasteiger partial charge in [0.25, 0.3) is 0 Å². The topological polar surface area (TPSA) is 27.0 Å². The Bertz CT molecular complexity index is 630. The van der Waals surface area contributed by atoms with E-state index in [-0.39, 0.29) is 5.92 Å². The predicted molar refractivity (Wildman–Crippen MR) is 85.0 cm³/mol. The lowest BCUT2D eigenvalue weighted by Gasteiger charge is -2.20. The molecule has 2 rings (SSSR count). The van der Waals surface area contributed by atoms with Crippen molar-refractivity contribution in [1.29, 1.82) is 5.26 Å². The fourth-order valence-corrected chi connectivity index (χ4v) is 2.99. The van der Waals surface area contributed by atoms with Crippen molar-refractivity contribution in [3.63, 3.8) is 0 Å². The zero-order valence-corrected chi connectivity index (χ0v) is 13.2. The molecule has 0 unspecified atom stereocenters. The average Bonchev–Trinajstić information content (AvgIpc) is 2.62. The van der Waals surface area contributed by atoms with Crippen molar-refractivity contribution in [2.45, 2.75) is 33.6 Å². The van der Waals surface area contributed by atoms with Crippen LogP contribution in [0.25, 0.3) is 0 Å². The molecule has 0 N–H and O–H groups in total. The standard InChI is InChI=1S/C18H22N2/c1-11-12(2)14(4)18(13(11)3)17-8-7-16(20(5)6)9-15(17)10-19/h7-9,18H,1-6H3. The van der Waals surface area contributed by atoms with Gasteiger partial charge < -0.3 is 4.90 Å². The Kier molecular flexibility index (Phi) is 3.72. The summed E-state index contributed by atoms with van der Waals surface area (Å²) in [5.41, 5.74) is 8.45. The van der Waals surface area contributed by atoms with E-state index in [0.29, 0.717) is 0 Å². The molecule has 0 saturated heterocycles. The lowest BCUT2D eigenvalue weighted by molar-refractivity contribution is 0.929. The summed E-state index contributed by atoms with van der Waals surface area (Å²) in [6.07, 6.45) is 0. The summed E-state index contributed by atoms with van der Waals surface area (Å²) in [7, 11) is 3.99. The highest BCUT2D eigenvalue weighted by molar-refractivity contribution is 5.61. The first-order chi connectivity index (χ1) is 9.38. The normalized spacial score (nSPS) is 15.8. The molecule has 0 fully saturated rings. The lowest BCUT2D eigenvalue weighted by atomic mass is 9.86. The summed E-state index contributed by atoms with van der Waals surface area (Å²) in [6.45, 7) is 8.71. The van der Waals surface area contributed by atoms with Gasteiger partial charge in [-0.3, -0.25) is 0 Å². The molecule has 2 heteroatoms. The van der Waals surface area contributed by atoms with Crippen molar-refractivity contribution in [2.24, 2.45) is 0 Å². The van der Waals surface area contributed by atoms with Crippen LogP contribution in [0.3, 0.4) is 0 Å². The molecule has 0 radical (unpaired) electrons. The number of anilines is 1. The second-order valence-electron chi connectivity index (χ2n) is 5.83. The molecular weight excluding hydrogens is 244 g/mol. The molecule has 0 saturated carbocycles. The largest absolute Gasteiger partial charge is 0.378 e. The maximum atomic E-state index is 9.49. The van der Waals surface area contributed by atoms with E-state index in [1.54, 1.807) is 0 Å². The van der Waals surface area contributed by atoms with Gasteiger partial charge in [-0.05, 0) is 56.5 Å². The van der Waals surface area contributed by atoms with Gasteiger partial charge in [0.1, 0.15) is 0 Å². The van der Waals surface area contributed by atoms with Gasteiger partial charge in [-0.25, -0.2) is 0 Å². The van der Waals surface area contributed by atoms with E-state index in [4.69, 9.17) is 0 Å². The second-order valence-corrected chi connectivity index (χ2v) is 5.83. The SMILES string of the molecule is CC1=C(C)C(c2ccc(N(C)C)cc2C#N)C(C)=C1C. The molecule has 0 bridgehead atoms. The van der Waals surface area contributed by atoms with Crippen LogP contribution in [-0.2, 0) is 0 Å². The molecule has 0 spiro atoms. The van der Waals surface area contributed by atoms with E-state index in [2.05, 4.69) is 45.9 Å². The van der Waals surface area contributed by atoms with E-state index >= 15 is 0 Å². The van der Waals surface area contributed by atoms with Crippen molar-refractivity contribution < 1.29 is 0 Å². The third-order valence-corrected chi connectivity index (χ3v) is 4.60. The lowest BCUT2D eigenvalue weighted by Crippen LogP contribution is -2.10. The van der Waals surface area contributed by atoms with E-state index < -0.39 is 0 Å². The van der Waals surface area contributed by atoms with Crippen molar-refractivity contribution in [3.8, 4) is 6.07 Å². The molecule has 0 heterocycles. The summed E-state index contributed by atoms with van der Waals surface area (Å²) in [5, 5.41) is 9.49. The monoisotopic (exact) mass is 266 g/mol. The van der Waals surface area contributed by atoms with Crippen LogP contribution in [0.5, 0.6) is 0 Å². The number of hydrogen-bond acceptors (Lipinski definition) is 2. The van der Waals surface area contributed by atoms with Crippen molar-refractivity contribution in [2.75, 3.05) is 19.0 Å². The van der Waals surface area contributed by atoms with Crippen molar-refractivity contribution in [3.05, 3.63) is 51.6 Å². The van der Waals surface area contributed by atoms with Gasteiger partial charge in [0, 0.05) is 25.7 Å². The number of nitriles is 1. The zero-order valence-electron chi connectivity index (χ0n) is 13.2. The molecule has 0 amide bonds. The first kappa shape index (κ1) is 14.4. The summed E-state index contributed by atoms with van der Waals surface area (Å²) in [6, 6.07) is 8.56. The molecule has 20 heavy (non-hydrogen) atoms. The van der Waals surface area contributed by atoms with E-state index in [1.165, 1.54) is 22.3 Å². The summed E-state index contributed by atoms with van der Waals surface area (Å²) < 4.78 is 0. The maximum absolute atomic E-state index is 9.49. The highest BCUT2D eigenvalue weighted by Gasteiger charge is 2.27. The molecule has 1 aromatic carbocycles. The fraction of sp³-hybridized carbons (Fsp3) is 0.389. The second kappa shape index (κ2) is 5.17. The van der Waals surface area contributed by atoms with Crippen LogP contribution < -0.4 is 4.90 Å². The molecule has 0 aliphatic heterocycles. The molecule has 1 aliphatic rings. The van der Waals surface area contributed by atoms with Gasteiger partial charge in [-0.2, -0.15) is 5.26 Å². The summed E-state index contributed by atoms with van der Waals surface area (Å²) in [5.74, 6) is 0.265. The van der Waals surface area contributed by atoms with Gasteiger partial charge in [0.05, 0.1) is 11.6 Å². The van der Waals surface area contributed by atoms with Crippen LogP contribution >= 0.6 is 0 Å². The number of allylic oxidation sites excluding steroid dienone is 4. The molecule has 1 aromatic rings. The minimum atomic E-state index is 0.265. The molecule has 0 atom stereocenters. The Labute approximate surface area is 122 Å². The Balaban J connectivity index is 2.58. The number of benzene rings is 1. The predicted octanol–water partition coefficient (Wildman–Crippen LogP) is 4.39. The third kappa shape index (κ3) is 2.14. The highest BCUT2D eigenvalue weighted by Crippen LogP contribution is 2.44. The van der Waals surface area contributed by atoms with Gasteiger partial charge in [0.2, 0.25) is 0 Å². The highest BCUT2D eigenvalue weighted by atomic mass is 15.1. The molecule has 0 aromatic heterocycles. The molecule has 1 aliphatic carbocycles. The Hall–Kier alpha value is -2.01. The Morgan fingerprint density at radius 1 is 1.00 bits per heavy atom. The number of nitrogens with zero attached hydrogens (tertiary/aromatic N) is 2. The Morgan fingerprint density at radius 3 is 2.00 bits per heavy atom. The van der Waals surface area contributed by atoms with Crippen LogP contribution in [0.1, 0.15) is 44.7 Å². The molecular formula is C18H22N2. The maximum Gasteiger partial charge on any atom is 0.0995 e. The quantitative estimate of drug-likeness (QED) is 0.793. The third-order valence-electron chi connectivity index (χ3n) is 4.60. The number of hydrogen-bond donors (Lipinski definition) is 0. The van der Waals surface area contributed by atoms with Gasteiger partial charge >= 0.3 is 0 Å². The van der Waals surface area contributed by atoms with Gasteiger partial charge in [-0.1, -0.05) is 17.2 Å². The molecule has 2 nitrogen and oxygen atoms in total. The van der Waals surface area contributed by atoms with Crippen LogP contribution in [0.2, 0.25) is 0 Å². The van der Waals surface area contributed by atoms with E-state index in [0.717, 1.165) is 16.8 Å². The Morgan fingerprint density at radius 2 is 1.55 bits per heavy atom. The van der Waals surface area contributed by atoms with Crippen molar-refractivity contribution in [1.82, 2.24) is 0 Å². The fourth-order valence-electron chi connectivity index (χ4n) is 2.99. The van der Waals surface area contributed by atoms with Crippen molar-refractivity contribution >= 4 is 5.69 Å². The first-order valence-electron chi connectivity index (χ1n) is 6.95. The van der Waals surface area contributed by atoms with Crippen LogP contribution in [0, 0.1) is 11.3 Å². The van der Waals surface area contributed by atoms with E-state index in [1.807, 2.05) is 25.1 Å². The number of rotatable bonds is 2.